The fourth-order valence-electron chi connectivity index (χ4n) is 2.99. The third kappa shape index (κ3) is 4.83. The molecule has 1 aliphatic rings. The van der Waals surface area contributed by atoms with Crippen LogP contribution in [0.25, 0.3) is 0 Å². The summed E-state index contributed by atoms with van der Waals surface area (Å²) >= 11 is 6.02. The van der Waals surface area contributed by atoms with Crippen LogP contribution in [0.15, 0.2) is 36.7 Å². The van der Waals surface area contributed by atoms with Crippen molar-refractivity contribution in [2.45, 2.75) is 19.5 Å². The summed E-state index contributed by atoms with van der Waals surface area (Å²) in [4.78, 5) is 27.3. The van der Waals surface area contributed by atoms with Crippen LogP contribution in [0.5, 0.6) is 0 Å². The first-order chi connectivity index (χ1) is 12.5. The molecule has 3 rings (SSSR count). The quantitative estimate of drug-likeness (QED) is 0.833. The Morgan fingerprint density at radius 1 is 1.19 bits per heavy atom. The number of halogens is 1. The molecule has 0 radical (unpaired) electrons. The number of benzene rings is 1. The lowest BCUT2D eigenvalue weighted by Gasteiger charge is -2.34. The Morgan fingerprint density at radius 2 is 1.96 bits per heavy atom. The zero-order chi connectivity index (χ0) is 18.5. The molecule has 1 aromatic carbocycles. The minimum absolute atomic E-state index is 0.0164. The maximum absolute atomic E-state index is 12.6. The number of carbonyl (C=O) groups excluding carboxylic acids is 1. The smallest absolute Gasteiger partial charge is 0.305 e. The molecular formula is C18H21ClN4O3. The third-order valence-electron chi connectivity index (χ3n) is 4.39. The molecular weight excluding hydrogens is 356 g/mol. The number of rotatable bonds is 6. The van der Waals surface area contributed by atoms with Crippen molar-refractivity contribution in [1.29, 1.82) is 0 Å². The maximum Gasteiger partial charge on any atom is 0.305 e. The number of carbonyl (C=O) groups is 2. The fraction of sp³-hybridized carbons (Fsp3) is 0.389. The van der Waals surface area contributed by atoms with Gasteiger partial charge < -0.3 is 10.0 Å². The first-order valence-electron chi connectivity index (χ1n) is 8.51. The normalized spacial score (nSPS) is 15.2. The molecule has 2 heterocycles. The molecule has 1 fully saturated rings. The number of aliphatic carboxylic acids is 1. The summed E-state index contributed by atoms with van der Waals surface area (Å²) in [6.07, 6.45) is 3.10. The van der Waals surface area contributed by atoms with Crippen LogP contribution in [0.2, 0.25) is 5.02 Å². The molecule has 0 unspecified atom stereocenters. The predicted octanol–water partition coefficient (Wildman–Crippen LogP) is 1.97. The molecule has 1 aromatic heterocycles. The standard InChI is InChI=1S/C18H21ClN4O3/c19-16-3-1-2-14(10-16)12-21-6-8-22(9-7-21)18(26)15-11-20-23(13-15)5-4-17(24)25/h1-3,10-11,13H,4-9,12H2,(H,24,25). The summed E-state index contributed by atoms with van der Waals surface area (Å²) < 4.78 is 1.50. The van der Waals surface area contributed by atoms with Crippen LogP contribution >= 0.6 is 11.6 Å². The van der Waals surface area contributed by atoms with E-state index in [1.54, 1.807) is 6.20 Å². The minimum Gasteiger partial charge on any atom is -0.481 e. The van der Waals surface area contributed by atoms with E-state index in [-0.39, 0.29) is 18.9 Å². The average Bonchev–Trinajstić information content (AvgIpc) is 3.09. The summed E-state index contributed by atoms with van der Waals surface area (Å²) in [5.41, 5.74) is 1.66. The van der Waals surface area contributed by atoms with E-state index >= 15 is 0 Å². The Balaban J connectivity index is 1.51. The van der Waals surface area contributed by atoms with Crippen LogP contribution < -0.4 is 0 Å². The van der Waals surface area contributed by atoms with E-state index in [2.05, 4.69) is 16.1 Å². The number of nitrogens with zero attached hydrogens (tertiary/aromatic N) is 4. The minimum atomic E-state index is -0.885. The molecule has 1 saturated heterocycles. The second-order valence-electron chi connectivity index (χ2n) is 6.33. The van der Waals surface area contributed by atoms with Gasteiger partial charge in [0, 0.05) is 43.9 Å². The number of carboxylic acids is 1. The van der Waals surface area contributed by atoms with Crippen molar-refractivity contribution < 1.29 is 14.7 Å². The van der Waals surface area contributed by atoms with Crippen LogP contribution in [0.3, 0.4) is 0 Å². The molecule has 1 aliphatic heterocycles. The lowest BCUT2D eigenvalue weighted by molar-refractivity contribution is -0.137. The Labute approximate surface area is 156 Å². The van der Waals surface area contributed by atoms with E-state index in [4.69, 9.17) is 16.7 Å². The van der Waals surface area contributed by atoms with Crippen molar-refractivity contribution in [3.05, 3.63) is 52.8 Å². The molecule has 0 saturated carbocycles. The first-order valence-corrected chi connectivity index (χ1v) is 8.89. The van der Waals surface area contributed by atoms with Gasteiger partial charge in [0.25, 0.3) is 5.91 Å². The number of aryl methyl sites for hydroxylation is 1. The van der Waals surface area contributed by atoms with Gasteiger partial charge in [0.2, 0.25) is 0 Å². The van der Waals surface area contributed by atoms with E-state index in [9.17, 15) is 9.59 Å². The lowest BCUT2D eigenvalue weighted by Crippen LogP contribution is -2.48. The topological polar surface area (TPSA) is 78.7 Å². The highest BCUT2D eigenvalue weighted by Crippen LogP contribution is 2.15. The van der Waals surface area contributed by atoms with Crippen LogP contribution in [0.4, 0.5) is 0 Å². The SMILES string of the molecule is O=C(O)CCn1cc(C(=O)N2CCN(Cc3cccc(Cl)c3)CC2)cn1. The molecule has 1 amide bonds. The van der Waals surface area contributed by atoms with Crippen LogP contribution in [0, 0.1) is 0 Å². The number of hydrogen-bond donors (Lipinski definition) is 1. The summed E-state index contributed by atoms with van der Waals surface area (Å²) in [6, 6.07) is 7.82. The van der Waals surface area contributed by atoms with Gasteiger partial charge in [-0.05, 0) is 17.7 Å². The van der Waals surface area contributed by atoms with Gasteiger partial charge in [0.15, 0.2) is 0 Å². The van der Waals surface area contributed by atoms with Gasteiger partial charge in [-0.3, -0.25) is 19.2 Å². The highest BCUT2D eigenvalue weighted by molar-refractivity contribution is 6.30. The Hall–Kier alpha value is -2.38. The molecule has 0 spiro atoms. The van der Waals surface area contributed by atoms with Gasteiger partial charge in [0.05, 0.1) is 24.7 Å². The summed E-state index contributed by atoms with van der Waals surface area (Å²) in [5, 5.41) is 13.5. The van der Waals surface area contributed by atoms with E-state index in [1.165, 1.54) is 10.9 Å². The van der Waals surface area contributed by atoms with E-state index in [0.29, 0.717) is 18.7 Å². The molecule has 0 aliphatic carbocycles. The first kappa shape index (κ1) is 18.4. The second-order valence-corrected chi connectivity index (χ2v) is 6.77. The number of aromatic nitrogens is 2. The number of carboxylic acid groups (broad SMARTS) is 1. The van der Waals surface area contributed by atoms with Crippen LogP contribution in [-0.4, -0.2) is 62.7 Å². The number of hydrogen-bond acceptors (Lipinski definition) is 4. The zero-order valence-corrected chi connectivity index (χ0v) is 15.1. The molecule has 0 bridgehead atoms. The fourth-order valence-corrected chi connectivity index (χ4v) is 3.20. The molecule has 7 nitrogen and oxygen atoms in total. The summed E-state index contributed by atoms with van der Waals surface area (Å²) in [7, 11) is 0. The Morgan fingerprint density at radius 3 is 2.65 bits per heavy atom. The van der Waals surface area contributed by atoms with Crippen LogP contribution in [0.1, 0.15) is 22.3 Å². The van der Waals surface area contributed by atoms with Crippen molar-refractivity contribution >= 4 is 23.5 Å². The summed E-state index contributed by atoms with van der Waals surface area (Å²) in [6.45, 7) is 3.97. The van der Waals surface area contributed by atoms with Gasteiger partial charge in [0.1, 0.15) is 0 Å². The monoisotopic (exact) mass is 376 g/mol. The number of piperazine rings is 1. The molecule has 8 heteroatoms. The second kappa shape index (κ2) is 8.33. The van der Waals surface area contributed by atoms with Gasteiger partial charge in [-0.2, -0.15) is 5.10 Å². The maximum atomic E-state index is 12.6. The zero-order valence-electron chi connectivity index (χ0n) is 14.3. The van der Waals surface area contributed by atoms with Gasteiger partial charge >= 0.3 is 5.97 Å². The van der Waals surface area contributed by atoms with E-state index < -0.39 is 5.97 Å². The molecule has 0 atom stereocenters. The Bertz CT molecular complexity index is 784. The van der Waals surface area contributed by atoms with Crippen LogP contribution in [-0.2, 0) is 17.9 Å². The van der Waals surface area contributed by atoms with Gasteiger partial charge in [-0.25, -0.2) is 0 Å². The Kier molecular flexibility index (Phi) is 5.90. The molecule has 2 aromatic rings. The van der Waals surface area contributed by atoms with E-state index in [1.807, 2.05) is 23.1 Å². The average molecular weight is 377 g/mol. The highest BCUT2D eigenvalue weighted by Gasteiger charge is 2.23. The van der Waals surface area contributed by atoms with Crippen molar-refractivity contribution in [2.75, 3.05) is 26.2 Å². The third-order valence-corrected chi connectivity index (χ3v) is 4.62. The summed E-state index contributed by atoms with van der Waals surface area (Å²) in [5.74, 6) is -0.946. The number of amides is 1. The largest absolute Gasteiger partial charge is 0.481 e. The molecule has 138 valence electrons. The van der Waals surface area contributed by atoms with Gasteiger partial charge in [-0.1, -0.05) is 23.7 Å². The van der Waals surface area contributed by atoms with Crippen molar-refractivity contribution in [1.82, 2.24) is 19.6 Å². The lowest BCUT2D eigenvalue weighted by atomic mass is 10.2. The van der Waals surface area contributed by atoms with Gasteiger partial charge in [-0.15, -0.1) is 0 Å². The predicted molar refractivity (Wildman–Crippen MR) is 97.1 cm³/mol. The van der Waals surface area contributed by atoms with Crippen molar-refractivity contribution in [3.63, 3.8) is 0 Å². The van der Waals surface area contributed by atoms with Crippen molar-refractivity contribution in [2.24, 2.45) is 0 Å². The molecule has 26 heavy (non-hydrogen) atoms. The highest BCUT2D eigenvalue weighted by atomic mass is 35.5. The van der Waals surface area contributed by atoms with Crippen molar-refractivity contribution in [3.8, 4) is 0 Å². The van der Waals surface area contributed by atoms with E-state index in [0.717, 1.165) is 30.2 Å². The molecule has 1 N–H and O–H groups in total.